The molecular weight excluding hydrogens is 234 g/mol. The van der Waals surface area contributed by atoms with Crippen LogP contribution in [-0.2, 0) is 0 Å². The molecule has 94 valence electrons. The van der Waals surface area contributed by atoms with E-state index in [9.17, 15) is 0 Å². The van der Waals surface area contributed by atoms with Crippen LogP contribution in [0.1, 0.15) is 33.1 Å². The Morgan fingerprint density at radius 3 is 2.65 bits per heavy atom. The van der Waals surface area contributed by atoms with Gasteiger partial charge in [-0.25, -0.2) is 4.98 Å². The molecule has 0 aliphatic carbocycles. The predicted molar refractivity (Wildman–Crippen MR) is 73.5 cm³/mol. The quantitative estimate of drug-likeness (QED) is 0.822. The molecule has 0 radical (unpaired) electrons. The highest BCUT2D eigenvalue weighted by Crippen LogP contribution is 2.36. The van der Waals surface area contributed by atoms with Crippen molar-refractivity contribution in [3.63, 3.8) is 0 Å². The van der Waals surface area contributed by atoms with Gasteiger partial charge in [0, 0.05) is 13.1 Å². The number of nitrogens with zero attached hydrogens (tertiary/aromatic N) is 2. The summed E-state index contributed by atoms with van der Waals surface area (Å²) in [6.45, 7) is 6.66. The van der Waals surface area contributed by atoms with Crippen molar-refractivity contribution < 1.29 is 0 Å². The molecule has 0 unspecified atom stereocenters. The van der Waals surface area contributed by atoms with Crippen LogP contribution < -0.4 is 10.6 Å². The number of nitrogens with two attached hydrogens (primary N) is 1. The average molecular weight is 254 g/mol. The van der Waals surface area contributed by atoms with Crippen molar-refractivity contribution >= 4 is 23.1 Å². The Morgan fingerprint density at radius 2 is 2.06 bits per heavy atom. The summed E-state index contributed by atoms with van der Waals surface area (Å²) >= 11 is 5.93. The molecule has 2 heterocycles. The second kappa shape index (κ2) is 4.73. The fraction of sp³-hybridized carbons (Fsp3) is 0.615. The molecule has 0 saturated carbocycles. The van der Waals surface area contributed by atoms with Gasteiger partial charge < -0.3 is 10.6 Å². The van der Waals surface area contributed by atoms with Crippen LogP contribution in [0.2, 0.25) is 5.15 Å². The van der Waals surface area contributed by atoms with E-state index in [4.69, 9.17) is 17.3 Å². The molecule has 1 aromatic heterocycles. The van der Waals surface area contributed by atoms with Crippen molar-refractivity contribution in [3.05, 3.63) is 17.3 Å². The number of piperidine rings is 1. The van der Waals surface area contributed by atoms with E-state index in [1.54, 1.807) is 6.07 Å². The Balaban J connectivity index is 2.13. The van der Waals surface area contributed by atoms with Crippen molar-refractivity contribution in [1.82, 2.24) is 4.98 Å². The number of pyridine rings is 1. The summed E-state index contributed by atoms with van der Waals surface area (Å²) in [6.07, 6.45) is 3.62. The fourth-order valence-electron chi connectivity index (χ4n) is 2.30. The second-order valence-electron chi connectivity index (χ2n) is 5.20. The molecule has 0 aromatic carbocycles. The number of anilines is 2. The highest BCUT2D eigenvalue weighted by atomic mass is 35.5. The standard InChI is InChI=1S/C13H20ClN3/c1-3-13(2)6-8-17(9-7-13)12-10(15)4-5-11(14)16-12/h4-5H,3,6-9,15H2,1-2H3. The third-order valence-electron chi connectivity index (χ3n) is 3.99. The largest absolute Gasteiger partial charge is 0.396 e. The molecule has 3 nitrogen and oxygen atoms in total. The molecule has 1 fully saturated rings. The van der Waals surface area contributed by atoms with Crippen LogP contribution in [0.3, 0.4) is 0 Å². The van der Waals surface area contributed by atoms with Gasteiger partial charge in [0.1, 0.15) is 5.15 Å². The van der Waals surface area contributed by atoms with Gasteiger partial charge in [-0.2, -0.15) is 0 Å². The molecule has 1 aliphatic heterocycles. The smallest absolute Gasteiger partial charge is 0.153 e. The Bertz CT molecular complexity index is 398. The van der Waals surface area contributed by atoms with Crippen molar-refractivity contribution in [3.8, 4) is 0 Å². The van der Waals surface area contributed by atoms with Crippen molar-refractivity contribution in [2.24, 2.45) is 5.41 Å². The maximum absolute atomic E-state index is 5.96. The summed E-state index contributed by atoms with van der Waals surface area (Å²) in [4.78, 5) is 6.58. The number of nitrogen functional groups attached to an aromatic ring is 1. The van der Waals surface area contributed by atoms with Gasteiger partial charge in [0.15, 0.2) is 5.82 Å². The van der Waals surface area contributed by atoms with E-state index in [-0.39, 0.29) is 0 Å². The summed E-state index contributed by atoms with van der Waals surface area (Å²) in [5.74, 6) is 0.843. The fourth-order valence-corrected chi connectivity index (χ4v) is 2.44. The van der Waals surface area contributed by atoms with Gasteiger partial charge in [0.05, 0.1) is 5.69 Å². The number of hydrogen-bond acceptors (Lipinski definition) is 3. The summed E-state index contributed by atoms with van der Waals surface area (Å²) in [5, 5.41) is 0.512. The lowest BCUT2D eigenvalue weighted by molar-refractivity contribution is 0.238. The average Bonchev–Trinajstić information content (AvgIpc) is 2.34. The van der Waals surface area contributed by atoms with Gasteiger partial charge in [-0.05, 0) is 30.4 Å². The van der Waals surface area contributed by atoms with Gasteiger partial charge in [0.25, 0.3) is 0 Å². The van der Waals surface area contributed by atoms with Gasteiger partial charge in [-0.15, -0.1) is 0 Å². The molecule has 0 atom stereocenters. The molecule has 0 bridgehead atoms. The van der Waals surface area contributed by atoms with Crippen LogP contribution in [-0.4, -0.2) is 18.1 Å². The maximum atomic E-state index is 5.96. The first kappa shape index (κ1) is 12.5. The van der Waals surface area contributed by atoms with E-state index < -0.39 is 0 Å². The lowest BCUT2D eigenvalue weighted by atomic mass is 9.78. The number of hydrogen-bond donors (Lipinski definition) is 1. The maximum Gasteiger partial charge on any atom is 0.153 e. The lowest BCUT2D eigenvalue weighted by Crippen LogP contribution is -2.39. The van der Waals surface area contributed by atoms with E-state index in [0.717, 1.165) is 24.6 Å². The van der Waals surface area contributed by atoms with E-state index in [0.29, 0.717) is 10.6 Å². The first-order valence-electron chi connectivity index (χ1n) is 6.21. The lowest BCUT2D eigenvalue weighted by Gasteiger charge is -2.39. The third-order valence-corrected chi connectivity index (χ3v) is 4.21. The van der Waals surface area contributed by atoms with Crippen LogP contribution >= 0.6 is 11.6 Å². The molecule has 2 N–H and O–H groups in total. The van der Waals surface area contributed by atoms with Crippen molar-refractivity contribution in [2.45, 2.75) is 33.1 Å². The van der Waals surface area contributed by atoms with E-state index in [1.807, 2.05) is 6.07 Å². The third kappa shape index (κ3) is 2.65. The zero-order valence-electron chi connectivity index (χ0n) is 10.5. The zero-order valence-corrected chi connectivity index (χ0v) is 11.3. The minimum absolute atomic E-state index is 0.476. The summed E-state index contributed by atoms with van der Waals surface area (Å²) in [6, 6.07) is 3.57. The Kier molecular flexibility index (Phi) is 3.48. The Hall–Kier alpha value is -0.960. The van der Waals surface area contributed by atoms with Crippen molar-refractivity contribution in [2.75, 3.05) is 23.7 Å². The first-order valence-corrected chi connectivity index (χ1v) is 6.59. The Morgan fingerprint density at radius 1 is 1.41 bits per heavy atom. The van der Waals surface area contributed by atoms with E-state index in [2.05, 4.69) is 23.7 Å². The van der Waals surface area contributed by atoms with E-state index in [1.165, 1.54) is 19.3 Å². The summed E-state index contributed by atoms with van der Waals surface area (Å²) in [7, 11) is 0. The number of aromatic nitrogens is 1. The highest BCUT2D eigenvalue weighted by Gasteiger charge is 2.29. The van der Waals surface area contributed by atoms with Crippen LogP contribution in [0.25, 0.3) is 0 Å². The molecule has 0 amide bonds. The molecule has 1 aromatic rings. The molecule has 0 spiro atoms. The molecule has 4 heteroatoms. The van der Waals surface area contributed by atoms with Gasteiger partial charge in [-0.1, -0.05) is 31.9 Å². The topological polar surface area (TPSA) is 42.2 Å². The summed E-state index contributed by atoms with van der Waals surface area (Å²) < 4.78 is 0. The number of rotatable bonds is 2. The van der Waals surface area contributed by atoms with E-state index >= 15 is 0 Å². The second-order valence-corrected chi connectivity index (χ2v) is 5.59. The summed E-state index contributed by atoms with van der Waals surface area (Å²) in [5.41, 5.74) is 7.15. The van der Waals surface area contributed by atoms with Gasteiger partial charge in [0.2, 0.25) is 0 Å². The van der Waals surface area contributed by atoms with Crippen LogP contribution in [0.5, 0.6) is 0 Å². The monoisotopic (exact) mass is 253 g/mol. The minimum Gasteiger partial charge on any atom is -0.396 e. The zero-order chi connectivity index (χ0) is 12.5. The minimum atomic E-state index is 0.476. The van der Waals surface area contributed by atoms with Crippen LogP contribution in [0.15, 0.2) is 12.1 Å². The van der Waals surface area contributed by atoms with Crippen LogP contribution in [0, 0.1) is 5.41 Å². The molecular formula is C13H20ClN3. The molecule has 1 saturated heterocycles. The number of halogens is 1. The molecule has 1 aliphatic rings. The molecule has 2 rings (SSSR count). The van der Waals surface area contributed by atoms with Gasteiger partial charge >= 0.3 is 0 Å². The molecule has 17 heavy (non-hydrogen) atoms. The highest BCUT2D eigenvalue weighted by molar-refractivity contribution is 6.29. The predicted octanol–water partition coefficient (Wildman–Crippen LogP) is 3.33. The SMILES string of the molecule is CCC1(C)CCN(c2nc(Cl)ccc2N)CC1. The first-order chi connectivity index (χ1) is 8.04. The van der Waals surface area contributed by atoms with Crippen LogP contribution in [0.4, 0.5) is 11.5 Å². The van der Waals surface area contributed by atoms with Gasteiger partial charge in [-0.3, -0.25) is 0 Å². The Labute approximate surface area is 108 Å². The van der Waals surface area contributed by atoms with Crippen molar-refractivity contribution in [1.29, 1.82) is 0 Å². The normalized spacial score (nSPS) is 19.4.